The summed E-state index contributed by atoms with van der Waals surface area (Å²) in [4.78, 5) is 19.8. The Balaban J connectivity index is 2.44. The van der Waals surface area contributed by atoms with Crippen molar-refractivity contribution >= 4 is 23.6 Å². The van der Waals surface area contributed by atoms with Gasteiger partial charge in [-0.15, -0.1) is 0 Å². The number of carbonyl (C=O) groups is 1. The van der Waals surface area contributed by atoms with Gasteiger partial charge >= 0.3 is 0 Å². The minimum absolute atomic E-state index is 0.141. The van der Waals surface area contributed by atoms with Crippen LogP contribution >= 0.6 is 11.8 Å². The zero-order chi connectivity index (χ0) is 15.1. The maximum atomic E-state index is 11.6. The number of hydrogen-bond donors (Lipinski definition) is 1. The van der Waals surface area contributed by atoms with E-state index in [0.717, 1.165) is 24.8 Å². The molecule has 1 heterocycles. The Hall–Kier alpha value is -0.910. The number of thioether (sulfide) groups is 1. The molecule has 0 aromatic carbocycles. The summed E-state index contributed by atoms with van der Waals surface area (Å²) < 4.78 is 0. The van der Waals surface area contributed by atoms with E-state index in [0.29, 0.717) is 24.1 Å². The van der Waals surface area contributed by atoms with E-state index in [4.69, 9.17) is 0 Å². The lowest BCUT2D eigenvalue weighted by atomic mass is 10.1. The predicted octanol–water partition coefficient (Wildman–Crippen LogP) is 1.11. The van der Waals surface area contributed by atoms with Gasteiger partial charge in [-0.1, -0.05) is 13.8 Å². The summed E-state index contributed by atoms with van der Waals surface area (Å²) in [6.45, 7) is 7.23. The van der Waals surface area contributed by atoms with Crippen molar-refractivity contribution in [3.05, 3.63) is 0 Å². The average Bonchev–Trinajstić information content (AvgIpc) is 2.43. The molecule has 6 heteroatoms. The van der Waals surface area contributed by atoms with Crippen LogP contribution < -0.4 is 5.32 Å². The summed E-state index contributed by atoms with van der Waals surface area (Å²) in [5.74, 6) is 2.88. The van der Waals surface area contributed by atoms with Crippen LogP contribution in [0, 0.1) is 5.92 Å². The molecule has 0 saturated carbocycles. The summed E-state index contributed by atoms with van der Waals surface area (Å²) in [5, 5.41) is 3.96. The third-order valence-electron chi connectivity index (χ3n) is 3.47. The van der Waals surface area contributed by atoms with Gasteiger partial charge in [-0.05, 0) is 5.92 Å². The molecule has 5 nitrogen and oxygen atoms in total. The Labute approximate surface area is 127 Å². The number of nitrogens with zero attached hydrogens (tertiary/aromatic N) is 3. The Kier molecular flexibility index (Phi) is 7.19. The maximum absolute atomic E-state index is 11.6. The lowest BCUT2D eigenvalue weighted by molar-refractivity contribution is -0.128. The minimum atomic E-state index is 0.141. The molecule has 20 heavy (non-hydrogen) atoms. The Morgan fingerprint density at radius 1 is 1.50 bits per heavy atom. The Morgan fingerprint density at radius 2 is 2.20 bits per heavy atom. The van der Waals surface area contributed by atoms with Crippen LogP contribution in [0.2, 0.25) is 0 Å². The van der Waals surface area contributed by atoms with Crippen LogP contribution in [0.5, 0.6) is 0 Å². The van der Waals surface area contributed by atoms with Gasteiger partial charge in [-0.2, -0.15) is 11.8 Å². The second-order valence-corrected chi connectivity index (χ2v) is 6.96. The van der Waals surface area contributed by atoms with Gasteiger partial charge in [0.05, 0.1) is 0 Å². The Bertz CT molecular complexity index is 344. The summed E-state index contributed by atoms with van der Waals surface area (Å²) in [7, 11) is 5.38. The van der Waals surface area contributed by atoms with Crippen LogP contribution in [0.15, 0.2) is 4.99 Å². The molecule has 1 amide bonds. The van der Waals surface area contributed by atoms with Gasteiger partial charge in [0.1, 0.15) is 0 Å². The molecule has 1 rings (SSSR count). The first-order chi connectivity index (χ1) is 9.45. The lowest BCUT2D eigenvalue weighted by Gasteiger charge is -2.36. The number of rotatable bonds is 4. The molecule has 0 aromatic rings. The first kappa shape index (κ1) is 17.1. The number of amides is 1. The molecular weight excluding hydrogens is 272 g/mol. The third kappa shape index (κ3) is 5.23. The fraction of sp³-hybridized carbons (Fsp3) is 0.857. The Morgan fingerprint density at radius 3 is 2.75 bits per heavy atom. The van der Waals surface area contributed by atoms with Crippen molar-refractivity contribution in [3.63, 3.8) is 0 Å². The summed E-state index contributed by atoms with van der Waals surface area (Å²) in [5.41, 5.74) is 0. The first-order valence-corrected chi connectivity index (χ1v) is 8.28. The van der Waals surface area contributed by atoms with Gasteiger partial charge < -0.3 is 15.1 Å². The highest BCUT2D eigenvalue weighted by Crippen LogP contribution is 2.24. The highest BCUT2D eigenvalue weighted by molar-refractivity contribution is 8.00. The zero-order valence-electron chi connectivity index (χ0n) is 13.3. The first-order valence-electron chi connectivity index (χ1n) is 7.23. The second kappa shape index (κ2) is 8.39. The molecule has 0 spiro atoms. The number of guanidine groups is 1. The van der Waals surface area contributed by atoms with Crippen LogP contribution in [0.4, 0.5) is 0 Å². The number of hydrogen-bond acceptors (Lipinski definition) is 3. The predicted molar refractivity (Wildman–Crippen MR) is 87.3 cm³/mol. The molecule has 1 N–H and O–H groups in total. The number of carbonyl (C=O) groups excluding carboxylic acids is 1. The van der Waals surface area contributed by atoms with E-state index < -0.39 is 0 Å². The molecule has 116 valence electrons. The molecule has 1 aliphatic rings. The second-order valence-electron chi connectivity index (χ2n) is 5.61. The summed E-state index contributed by atoms with van der Waals surface area (Å²) >= 11 is 2.05. The fourth-order valence-electron chi connectivity index (χ4n) is 2.11. The van der Waals surface area contributed by atoms with Crippen LogP contribution in [0.3, 0.4) is 0 Å². The van der Waals surface area contributed by atoms with Gasteiger partial charge in [0, 0.05) is 58.2 Å². The minimum Gasteiger partial charge on any atom is -0.356 e. The third-order valence-corrected chi connectivity index (χ3v) is 5.01. The van der Waals surface area contributed by atoms with Crippen LogP contribution in [-0.4, -0.2) is 73.4 Å². The molecule has 0 bridgehead atoms. The quantitative estimate of drug-likeness (QED) is 0.624. The fourth-order valence-corrected chi connectivity index (χ4v) is 3.41. The molecular formula is C14H28N4OS. The van der Waals surface area contributed by atoms with E-state index in [-0.39, 0.29) is 5.91 Å². The van der Waals surface area contributed by atoms with Crippen molar-refractivity contribution in [3.8, 4) is 0 Å². The van der Waals surface area contributed by atoms with E-state index in [2.05, 4.69) is 40.8 Å². The van der Waals surface area contributed by atoms with E-state index >= 15 is 0 Å². The SMILES string of the molecule is CN=C(NCCC(=O)N(C)C)N1CCSC(C(C)C)C1. The highest BCUT2D eigenvalue weighted by atomic mass is 32.2. The average molecular weight is 300 g/mol. The van der Waals surface area contributed by atoms with Gasteiger partial charge in [-0.3, -0.25) is 9.79 Å². The van der Waals surface area contributed by atoms with Gasteiger partial charge in [0.25, 0.3) is 0 Å². The lowest BCUT2D eigenvalue weighted by Crippen LogP contribution is -2.49. The maximum Gasteiger partial charge on any atom is 0.223 e. The number of aliphatic imine (C=N–C) groups is 1. The standard InChI is InChI=1S/C14H28N4OS/c1-11(2)12-10-18(8-9-20-12)14(15-3)16-7-6-13(19)17(4)5/h11-12H,6-10H2,1-5H3,(H,15,16). The van der Waals surface area contributed by atoms with Crippen molar-refractivity contribution in [1.29, 1.82) is 0 Å². The van der Waals surface area contributed by atoms with Gasteiger partial charge in [0.2, 0.25) is 5.91 Å². The molecule has 1 saturated heterocycles. The summed E-state index contributed by atoms with van der Waals surface area (Å²) in [6.07, 6.45) is 0.502. The van der Waals surface area contributed by atoms with Crippen molar-refractivity contribution < 1.29 is 4.79 Å². The zero-order valence-corrected chi connectivity index (χ0v) is 14.2. The number of nitrogens with one attached hydrogen (secondary N) is 1. The van der Waals surface area contributed by atoms with Crippen LogP contribution in [-0.2, 0) is 4.79 Å². The van der Waals surface area contributed by atoms with E-state index in [1.54, 1.807) is 19.0 Å². The van der Waals surface area contributed by atoms with Crippen molar-refractivity contribution in [2.75, 3.05) is 46.5 Å². The molecule has 1 atom stereocenters. The summed E-state index contributed by atoms with van der Waals surface area (Å²) in [6, 6.07) is 0. The smallest absolute Gasteiger partial charge is 0.223 e. The van der Waals surface area contributed by atoms with Gasteiger partial charge in [-0.25, -0.2) is 0 Å². The van der Waals surface area contributed by atoms with Gasteiger partial charge in [0.15, 0.2) is 5.96 Å². The van der Waals surface area contributed by atoms with Crippen molar-refractivity contribution in [1.82, 2.24) is 15.1 Å². The topological polar surface area (TPSA) is 47.9 Å². The molecule has 1 fully saturated rings. The van der Waals surface area contributed by atoms with Crippen molar-refractivity contribution in [2.24, 2.45) is 10.9 Å². The molecule has 0 aliphatic carbocycles. The van der Waals surface area contributed by atoms with Crippen molar-refractivity contribution in [2.45, 2.75) is 25.5 Å². The molecule has 0 radical (unpaired) electrons. The highest BCUT2D eigenvalue weighted by Gasteiger charge is 2.24. The van der Waals surface area contributed by atoms with Crippen LogP contribution in [0.1, 0.15) is 20.3 Å². The molecule has 0 aromatic heterocycles. The van der Waals surface area contributed by atoms with E-state index in [9.17, 15) is 4.79 Å². The largest absolute Gasteiger partial charge is 0.356 e. The normalized spacial score (nSPS) is 20.2. The van der Waals surface area contributed by atoms with E-state index in [1.165, 1.54) is 0 Å². The van der Waals surface area contributed by atoms with E-state index in [1.807, 2.05) is 7.05 Å². The molecule has 1 unspecified atom stereocenters. The molecule has 1 aliphatic heterocycles. The van der Waals surface area contributed by atoms with Crippen LogP contribution in [0.25, 0.3) is 0 Å². The monoisotopic (exact) mass is 300 g/mol.